The Balaban J connectivity index is 1.68. The van der Waals surface area contributed by atoms with E-state index < -0.39 is 5.97 Å². The van der Waals surface area contributed by atoms with Gasteiger partial charge in [0.1, 0.15) is 0 Å². The third-order valence-corrected chi connectivity index (χ3v) is 3.78. The molecule has 3 rings (SSSR count). The molecule has 6 nitrogen and oxygen atoms in total. The molecule has 0 saturated carbocycles. The summed E-state index contributed by atoms with van der Waals surface area (Å²) in [4.78, 5) is 23.4. The van der Waals surface area contributed by atoms with Gasteiger partial charge in [-0.1, -0.05) is 30.3 Å². The van der Waals surface area contributed by atoms with Crippen LogP contribution in [-0.4, -0.2) is 23.8 Å². The summed E-state index contributed by atoms with van der Waals surface area (Å²) >= 11 is 0. The number of anilines is 1. The lowest BCUT2D eigenvalue weighted by molar-refractivity contribution is -0.137. The Hall–Kier alpha value is -3.02. The Morgan fingerprint density at radius 3 is 2.54 bits per heavy atom. The minimum atomic E-state index is -0.931. The van der Waals surface area contributed by atoms with Gasteiger partial charge in [-0.2, -0.15) is 0 Å². The third-order valence-electron chi connectivity index (χ3n) is 3.78. The summed E-state index contributed by atoms with van der Waals surface area (Å²) < 4.78 is 10.5. The highest BCUT2D eigenvalue weighted by molar-refractivity contribution is 5.92. The maximum absolute atomic E-state index is 12.3. The predicted octanol–water partition coefficient (Wildman–Crippen LogP) is 3.00. The number of hydrogen-bond acceptors (Lipinski definition) is 4. The summed E-state index contributed by atoms with van der Waals surface area (Å²) in [6.07, 6.45) is -0.0106. The smallest absolute Gasteiger partial charge is 0.303 e. The fourth-order valence-electron chi connectivity index (χ4n) is 2.65. The average molecular weight is 327 g/mol. The molecular weight excluding hydrogens is 310 g/mol. The van der Waals surface area contributed by atoms with Gasteiger partial charge in [0, 0.05) is 24.1 Å². The Bertz CT molecular complexity index is 744. The van der Waals surface area contributed by atoms with Crippen LogP contribution in [-0.2, 0) is 9.59 Å². The average Bonchev–Trinajstić information content (AvgIpc) is 3.02. The molecule has 1 amide bonds. The van der Waals surface area contributed by atoms with Crippen molar-refractivity contribution in [1.29, 1.82) is 0 Å². The molecule has 1 atom stereocenters. The van der Waals surface area contributed by atoms with Crippen LogP contribution < -0.4 is 14.8 Å². The molecule has 0 aliphatic carbocycles. The van der Waals surface area contributed by atoms with Gasteiger partial charge < -0.3 is 19.9 Å². The Morgan fingerprint density at radius 1 is 1.04 bits per heavy atom. The summed E-state index contributed by atoms with van der Waals surface area (Å²) in [6, 6.07) is 14.3. The zero-order chi connectivity index (χ0) is 16.9. The van der Waals surface area contributed by atoms with Gasteiger partial charge in [0.2, 0.25) is 12.7 Å². The molecule has 2 aromatic carbocycles. The van der Waals surface area contributed by atoms with Crippen LogP contribution in [0.5, 0.6) is 11.5 Å². The topological polar surface area (TPSA) is 84.9 Å². The van der Waals surface area contributed by atoms with Gasteiger partial charge in [-0.15, -0.1) is 0 Å². The quantitative estimate of drug-likeness (QED) is 0.852. The van der Waals surface area contributed by atoms with Crippen molar-refractivity contribution >= 4 is 17.6 Å². The molecule has 0 aromatic heterocycles. The first-order chi connectivity index (χ1) is 11.6. The standard InChI is InChI=1S/C18H17NO5/c20-17(19-14-6-7-15-16(10-14)24-11-23-15)8-13(9-18(21)22)12-4-2-1-3-5-12/h1-7,10,13H,8-9,11H2,(H,19,20)(H,21,22). The summed E-state index contributed by atoms with van der Waals surface area (Å²) in [6.45, 7) is 0.168. The van der Waals surface area contributed by atoms with E-state index in [1.54, 1.807) is 18.2 Å². The Kier molecular flexibility index (Phi) is 4.65. The zero-order valence-electron chi connectivity index (χ0n) is 12.9. The number of rotatable bonds is 6. The number of carbonyl (C=O) groups excluding carboxylic acids is 1. The minimum absolute atomic E-state index is 0.0881. The second-order valence-electron chi connectivity index (χ2n) is 5.53. The molecular formula is C18H17NO5. The van der Waals surface area contributed by atoms with E-state index in [9.17, 15) is 9.59 Å². The maximum Gasteiger partial charge on any atom is 0.303 e. The first-order valence-corrected chi connectivity index (χ1v) is 7.58. The minimum Gasteiger partial charge on any atom is -0.481 e. The molecule has 1 aliphatic heterocycles. The van der Waals surface area contributed by atoms with Gasteiger partial charge in [0.15, 0.2) is 11.5 Å². The zero-order valence-corrected chi connectivity index (χ0v) is 12.9. The number of carboxylic acids is 1. The van der Waals surface area contributed by atoms with E-state index in [2.05, 4.69) is 5.32 Å². The lowest BCUT2D eigenvalue weighted by atomic mass is 9.92. The molecule has 0 bridgehead atoms. The van der Waals surface area contributed by atoms with E-state index >= 15 is 0 Å². The van der Waals surface area contributed by atoms with E-state index in [1.165, 1.54) is 0 Å². The molecule has 0 fully saturated rings. The molecule has 124 valence electrons. The molecule has 1 aliphatic rings. The maximum atomic E-state index is 12.3. The third kappa shape index (κ3) is 3.84. The number of carboxylic acid groups (broad SMARTS) is 1. The first-order valence-electron chi connectivity index (χ1n) is 7.58. The second-order valence-corrected chi connectivity index (χ2v) is 5.53. The highest BCUT2D eigenvalue weighted by Gasteiger charge is 2.20. The Labute approximate surface area is 139 Å². The van der Waals surface area contributed by atoms with Crippen molar-refractivity contribution in [2.75, 3.05) is 12.1 Å². The molecule has 2 N–H and O–H groups in total. The van der Waals surface area contributed by atoms with Gasteiger partial charge in [-0.25, -0.2) is 0 Å². The number of amides is 1. The number of carbonyl (C=O) groups is 2. The molecule has 1 unspecified atom stereocenters. The fourth-order valence-corrected chi connectivity index (χ4v) is 2.65. The molecule has 1 heterocycles. The fraction of sp³-hybridized carbons (Fsp3) is 0.222. The van der Waals surface area contributed by atoms with Crippen LogP contribution in [0.3, 0.4) is 0 Å². The summed E-state index contributed by atoms with van der Waals surface area (Å²) in [5.74, 6) is -0.333. The summed E-state index contributed by atoms with van der Waals surface area (Å²) in [5.41, 5.74) is 1.42. The van der Waals surface area contributed by atoms with Gasteiger partial charge in [-0.3, -0.25) is 9.59 Å². The van der Waals surface area contributed by atoms with E-state index in [0.717, 1.165) is 5.56 Å². The molecule has 0 saturated heterocycles. The van der Waals surface area contributed by atoms with Crippen LogP contribution in [0, 0.1) is 0 Å². The molecule has 2 aromatic rings. The number of benzene rings is 2. The van der Waals surface area contributed by atoms with Crippen LogP contribution in [0.4, 0.5) is 5.69 Å². The summed E-state index contributed by atoms with van der Waals surface area (Å²) in [5, 5.41) is 11.9. The van der Waals surface area contributed by atoms with Crippen molar-refractivity contribution in [2.45, 2.75) is 18.8 Å². The van der Waals surface area contributed by atoms with Crippen molar-refractivity contribution in [2.24, 2.45) is 0 Å². The van der Waals surface area contributed by atoms with Crippen molar-refractivity contribution in [3.8, 4) is 11.5 Å². The van der Waals surface area contributed by atoms with Crippen molar-refractivity contribution < 1.29 is 24.2 Å². The normalized spacial score (nSPS) is 13.3. The van der Waals surface area contributed by atoms with E-state index in [1.807, 2.05) is 30.3 Å². The monoisotopic (exact) mass is 327 g/mol. The van der Waals surface area contributed by atoms with E-state index in [-0.39, 0.29) is 31.5 Å². The van der Waals surface area contributed by atoms with Crippen LogP contribution in [0.25, 0.3) is 0 Å². The highest BCUT2D eigenvalue weighted by Crippen LogP contribution is 2.34. The predicted molar refractivity (Wildman–Crippen MR) is 87.2 cm³/mol. The van der Waals surface area contributed by atoms with E-state index in [0.29, 0.717) is 17.2 Å². The van der Waals surface area contributed by atoms with Gasteiger partial charge in [-0.05, 0) is 17.7 Å². The lowest BCUT2D eigenvalue weighted by Crippen LogP contribution is -2.17. The number of ether oxygens (including phenoxy) is 2. The summed E-state index contributed by atoms with van der Waals surface area (Å²) in [7, 11) is 0. The number of nitrogens with one attached hydrogen (secondary N) is 1. The van der Waals surface area contributed by atoms with Crippen LogP contribution >= 0.6 is 0 Å². The van der Waals surface area contributed by atoms with Gasteiger partial charge in [0.05, 0.1) is 6.42 Å². The largest absolute Gasteiger partial charge is 0.481 e. The van der Waals surface area contributed by atoms with Crippen molar-refractivity contribution in [3.63, 3.8) is 0 Å². The first kappa shape index (κ1) is 15.9. The van der Waals surface area contributed by atoms with Crippen LogP contribution in [0.1, 0.15) is 24.3 Å². The van der Waals surface area contributed by atoms with E-state index in [4.69, 9.17) is 14.6 Å². The molecule has 24 heavy (non-hydrogen) atoms. The molecule has 6 heteroatoms. The number of fused-ring (bicyclic) bond motifs is 1. The van der Waals surface area contributed by atoms with Crippen molar-refractivity contribution in [3.05, 3.63) is 54.1 Å². The number of hydrogen-bond donors (Lipinski definition) is 2. The van der Waals surface area contributed by atoms with Gasteiger partial charge >= 0.3 is 5.97 Å². The Morgan fingerprint density at radius 2 is 1.79 bits per heavy atom. The van der Waals surface area contributed by atoms with Gasteiger partial charge in [0.25, 0.3) is 0 Å². The van der Waals surface area contributed by atoms with Crippen LogP contribution in [0.15, 0.2) is 48.5 Å². The second kappa shape index (κ2) is 7.04. The van der Waals surface area contributed by atoms with Crippen LogP contribution in [0.2, 0.25) is 0 Å². The lowest BCUT2D eigenvalue weighted by Gasteiger charge is -2.15. The highest BCUT2D eigenvalue weighted by atomic mass is 16.7. The molecule has 0 radical (unpaired) electrons. The number of aliphatic carboxylic acids is 1. The van der Waals surface area contributed by atoms with Crippen molar-refractivity contribution in [1.82, 2.24) is 0 Å². The molecule has 0 spiro atoms. The SMILES string of the molecule is O=C(O)CC(CC(=O)Nc1ccc2c(c1)OCO2)c1ccccc1.